The summed E-state index contributed by atoms with van der Waals surface area (Å²) in [5.74, 6) is -0.0456. The second kappa shape index (κ2) is 6.21. The molecule has 1 amide bonds. The molecule has 1 unspecified atom stereocenters. The fourth-order valence-electron chi connectivity index (χ4n) is 2.15. The monoisotopic (exact) mass is 286 g/mol. The number of pyridine rings is 1. The van der Waals surface area contributed by atoms with Crippen LogP contribution >= 0.6 is 0 Å². The molecule has 1 aromatic heterocycles. The highest BCUT2D eigenvalue weighted by atomic mass is 16.4. The largest absolute Gasteiger partial charge is 0.409 e. The molecule has 1 heterocycles. The zero-order chi connectivity index (χ0) is 15.4. The Balaban J connectivity index is 2.30. The molecule has 0 fully saturated rings. The highest BCUT2D eigenvalue weighted by Crippen LogP contribution is 2.18. The molecule has 21 heavy (non-hydrogen) atoms. The number of hydrogen-bond donors (Lipinski definition) is 2. The van der Waals surface area contributed by atoms with Gasteiger partial charge in [-0.1, -0.05) is 23.4 Å². The molecule has 3 N–H and O–H groups in total. The van der Waals surface area contributed by atoms with Crippen molar-refractivity contribution < 1.29 is 10.0 Å². The Morgan fingerprint density at radius 3 is 2.86 bits per heavy atom. The van der Waals surface area contributed by atoms with Gasteiger partial charge in [0, 0.05) is 31.1 Å². The van der Waals surface area contributed by atoms with Gasteiger partial charge in [0.25, 0.3) is 5.91 Å². The van der Waals surface area contributed by atoms with Gasteiger partial charge in [0.05, 0.1) is 11.1 Å². The Hall–Kier alpha value is -2.63. The smallest absolute Gasteiger partial charge is 0.256 e. The standard InChI is InChI=1S/C15H18N4O2/c1-10(9-13(16)18-21)19(2)15(20)12-7-3-5-11-6-4-8-17-14(11)12/h3-8,10,21H,9H2,1-2H3,(H2,16,18). The second-order valence-electron chi connectivity index (χ2n) is 4.94. The molecule has 0 saturated carbocycles. The summed E-state index contributed by atoms with van der Waals surface area (Å²) < 4.78 is 0. The van der Waals surface area contributed by atoms with Crippen molar-refractivity contribution in [2.75, 3.05) is 7.05 Å². The molecule has 0 radical (unpaired) electrons. The molecule has 2 aromatic rings. The van der Waals surface area contributed by atoms with E-state index in [1.165, 1.54) is 0 Å². The first-order valence-electron chi connectivity index (χ1n) is 6.62. The molecule has 6 heteroatoms. The number of amidine groups is 1. The van der Waals surface area contributed by atoms with Crippen LogP contribution in [0.3, 0.4) is 0 Å². The van der Waals surface area contributed by atoms with Crippen molar-refractivity contribution >= 4 is 22.6 Å². The van der Waals surface area contributed by atoms with E-state index in [1.54, 1.807) is 24.2 Å². The highest BCUT2D eigenvalue weighted by Gasteiger charge is 2.20. The fourth-order valence-corrected chi connectivity index (χ4v) is 2.15. The average molecular weight is 286 g/mol. The van der Waals surface area contributed by atoms with Gasteiger partial charge in [-0.05, 0) is 19.1 Å². The summed E-state index contributed by atoms with van der Waals surface area (Å²) in [4.78, 5) is 18.5. The number of carbonyl (C=O) groups is 1. The van der Waals surface area contributed by atoms with Crippen LogP contribution in [0.15, 0.2) is 41.7 Å². The van der Waals surface area contributed by atoms with Crippen molar-refractivity contribution in [2.24, 2.45) is 10.9 Å². The van der Waals surface area contributed by atoms with Crippen LogP contribution in [0.5, 0.6) is 0 Å². The lowest BCUT2D eigenvalue weighted by Gasteiger charge is -2.25. The van der Waals surface area contributed by atoms with E-state index in [9.17, 15) is 4.79 Å². The third-order valence-electron chi connectivity index (χ3n) is 3.48. The van der Waals surface area contributed by atoms with Crippen LogP contribution in [0.25, 0.3) is 10.9 Å². The second-order valence-corrected chi connectivity index (χ2v) is 4.94. The van der Waals surface area contributed by atoms with E-state index in [-0.39, 0.29) is 17.8 Å². The van der Waals surface area contributed by atoms with Crippen LogP contribution in [-0.2, 0) is 0 Å². The summed E-state index contributed by atoms with van der Waals surface area (Å²) >= 11 is 0. The van der Waals surface area contributed by atoms with Gasteiger partial charge in [-0.2, -0.15) is 0 Å². The fraction of sp³-hybridized carbons (Fsp3) is 0.267. The summed E-state index contributed by atoms with van der Waals surface area (Å²) in [6.45, 7) is 1.84. The first-order chi connectivity index (χ1) is 10.0. The van der Waals surface area contributed by atoms with Crippen molar-refractivity contribution in [3.8, 4) is 0 Å². The minimum absolute atomic E-state index is 0.0956. The van der Waals surface area contributed by atoms with Crippen LogP contribution < -0.4 is 5.73 Å². The molecule has 1 aromatic carbocycles. The molecule has 6 nitrogen and oxygen atoms in total. The predicted octanol–water partition coefficient (Wildman–Crippen LogP) is 1.83. The maximum absolute atomic E-state index is 12.6. The Bertz CT molecular complexity index is 679. The molecule has 1 atom stereocenters. The molecular formula is C15H18N4O2. The highest BCUT2D eigenvalue weighted by molar-refractivity contribution is 6.05. The normalized spacial score (nSPS) is 13.1. The van der Waals surface area contributed by atoms with E-state index in [4.69, 9.17) is 10.9 Å². The number of oxime groups is 1. The summed E-state index contributed by atoms with van der Waals surface area (Å²) in [6.07, 6.45) is 1.97. The van der Waals surface area contributed by atoms with Gasteiger partial charge in [0.2, 0.25) is 0 Å². The minimum atomic E-state index is -0.188. The number of rotatable bonds is 4. The number of nitrogens with zero attached hydrogens (tertiary/aromatic N) is 3. The van der Waals surface area contributed by atoms with Crippen LogP contribution in [0.1, 0.15) is 23.7 Å². The maximum Gasteiger partial charge on any atom is 0.256 e. The van der Waals surface area contributed by atoms with E-state index in [0.29, 0.717) is 17.5 Å². The van der Waals surface area contributed by atoms with Crippen molar-refractivity contribution in [3.05, 3.63) is 42.1 Å². The Morgan fingerprint density at radius 1 is 1.43 bits per heavy atom. The lowest BCUT2D eigenvalue weighted by atomic mass is 10.1. The first kappa shape index (κ1) is 14.8. The van der Waals surface area contributed by atoms with Gasteiger partial charge in [0.15, 0.2) is 0 Å². The van der Waals surface area contributed by atoms with Crippen LogP contribution in [-0.4, -0.2) is 39.9 Å². The topological polar surface area (TPSA) is 91.8 Å². The van der Waals surface area contributed by atoms with Crippen LogP contribution in [0.4, 0.5) is 0 Å². The first-order valence-corrected chi connectivity index (χ1v) is 6.62. The molecule has 0 aliphatic carbocycles. The molecule has 0 bridgehead atoms. The number of nitrogens with two attached hydrogens (primary N) is 1. The maximum atomic E-state index is 12.6. The van der Waals surface area contributed by atoms with Crippen molar-refractivity contribution in [1.29, 1.82) is 0 Å². The number of fused-ring (bicyclic) bond motifs is 1. The number of aromatic nitrogens is 1. The molecule has 0 spiro atoms. The Kier molecular flexibility index (Phi) is 4.37. The zero-order valence-corrected chi connectivity index (χ0v) is 12.0. The van der Waals surface area contributed by atoms with Crippen LogP contribution in [0, 0.1) is 0 Å². The average Bonchev–Trinajstić information content (AvgIpc) is 2.52. The van der Waals surface area contributed by atoms with Gasteiger partial charge < -0.3 is 15.8 Å². The molecule has 110 valence electrons. The van der Waals surface area contributed by atoms with E-state index in [0.717, 1.165) is 5.39 Å². The third kappa shape index (κ3) is 3.10. The quantitative estimate of drug-likeness (QED) is 0.388. The summed E-state index contributed by atoms with van der Waals surface area (Å²) in [5, 5.41) is 12.5. The number of benzene rings is 1. The van der Waals surface area contributed by atoms with Gasteiger partial charge >= 0.3 is 0 Å². The van der Waals surface area contributed by atoms with E-state index >= 15 is 0 Å². The molecule has 2 rings (SSSR count). The predicted molar refractivity (Wildman–Crippen MR) is 81.3 cm³/mol. The SMILES string of the molecule is CC(CC(N)=NO)N(C)C(=O)c1cccc2cccnc12. The summed E-state index contributed by atoms with van der Waals surface area (Å²) in [7, 11) is 1.69. The Morgan fingerprint density at radius 2 is 2.14 bits per heavy atom. The number of carbonyl (C=O) groups excluding carboxylic acids is 1. The van der Waals surface area contributed by atoms with E-state index in [2.05, 4.69) is 10.1 Å². The van der Waals surface area contributed by atoms with Gasteiger partial charge in [-0.25, -0.2) is 0 Å². The van der Waals surface area contributed by atoms with Gasteiger partial charge in [-0.15, -0.1) is 0 Å². The number of para-hydroxylation sites is 1. The zero-order valence-electron chi connectivity index (χ0n) is 12.0. The van der Waals surface area contributed by atoms with Crippen molar-refractivity contribution in [3.63, 3.8) is 0 Å². The van der Waals surface area contributed by atoms with Gasteiger partial charge in [0.1, 0.15) is 5.84 Å². The van der Waals surface area contributed by atoms with E-state index < -0.39 is 0 Å². The number of amides is 1. The lowest BCUT2D eigenvalue weighted by molar-refractivity contribution is 0.0749. The minimum Gasteiger partial charge on any atom is -0.409 e. The molecular weight excluding hydrogens is 268 g/mol. The van der Waals surface area contributed by atoms with E-state index in [1.807, 2.05) is 31.2 Å². The van der Waals surface area contributed by atoms with Crippen molar-refractivity contribution in [2.45, 2.75) is 19.4 Å². The van der Waals surface area contributed by atoms with Crippen LogP contribution in [0.2, 0.25) is 0 Å². The Labute approximate surface area is 122 Å². The number of hydrogen-bond acceptors (Lipinski definition) is 4. The third-order valence-corrected chi connectivity index (χ3v) is 3.48. The van der Waals surface area contributed by atoms with Crippen molar-refractivity contribution in [1.82, 2.24) is 9.88 Å². The lowest BCUT2D eigenvalue weighted by Crippen LogP contribution is -2.37. The molecule has 0 aliphatic rings. The van der Waals surface area contributed by atoms with Gasteiger partial charge in [-0.3, -0.25) is 9.78 Å². The molecule has 0 saturated heterocycles. The molecule has 0 aliphatic heterocycles. The summed E-state index contributed by atoms with van der Waals surface area (Å²) in [5.41, 5.74) is 6.71. The summed E-state index contributed by atoms with van der Waals surface area (Å²) in [6, 6.07) is 9.07.